The van der Waals surface area contributed by atoms with Crippen LogP contribution in [0.2, 0.25) is 5.02 Å². The van der Waals surface area contributed by atoms with Gasteiger partial charge in [0, 0.05) is 61.2 Å². The maximum atomic E-state index is 6.09. The molecule has 1 fully saturated rings. The summed E-state index contributed by atoms with van der Waals surface area (Å²) in [5, 5.41) is 1.90. The smallest absolute Gasteiger partial charge is 0.0737 e. The first-order valence-corrected chi connectivity index (χ1v) is 8.59. The van der Waals surface area contributed by atoms with Crippen LogP contribution in [0.25, 0.3) is 10.9 Å². The third kappa shape index (κ3) is 3.21. The number of piperazine rings is 1. The van der Waals surface area contributed by atoms with E-state index < -0.39 is 0 Å². The van der Waals surface area contributed by atoms with Crippen molar-refractivity contribution in [1.29, 1.82) is 0 Å². The quantitative estimate of drug-likeness (QED) is 0.730. The predicted octanol–water partition coefficient (Wildman–Crippen LogP) is 3.61. The standard InChI is InChI=1S/C19H19ClN4/c20-15-4-5-17-18(13-15)22-8-6-19(17)24-11-9-23(10-12-24)14-16-3-1-2-7-21-16/h1-8,13H,9-12,14H2. The van der Waals surface area contributed by atoms with Gasteiger partial charge in [0.15, 0.2) is 0 Å². The molecule has 0 amide bonds. The van der Waals surface area contributed by atoms with Gasteiger partial charge >= 0.3 is 0 Å². The molecule has 2 aromatic heterocycles. The Balaban J connectivity index is 1.48. The van der Waals surface area contributed by atoms with Crippen molar-refractivity contribution in [2.75, 3.05) is 31.1 Å². The van der Waals surface area contributed by atoms with Crippen molar-refractivity contribution < 1.29 is 0 Å². The zero-order chi connectivity index (χ0) is 16.4. The minimum absolute atomic E-state index is 0.729. The van der Waals surface area contributed by atoms with Crippen LogP contribution >= 0.6 is 11.6 Å². The summed E-state index contributed by atoms with van der Waals surface area (Å²) in [6, 6.07) is 14.1. The van der Waals surface area contributed by atoms with Crippen molar-refractivity contribution in [2.45, 2.75) is 6.54 Å². The highest BCUT2D eigenvalue weighted by molar-refractivity contribution is 6.31. The summed E-state index contributed by atoms with van der Waals surface area (Å²) in [5.41, 5.74) is 3.33. The van der Waals surface area contributed by atoms with Crippen LogP contribution in [-0.4, -0.2) is 41.0 Å². The molecule has 1 aromatic carbocycles. The van der Waals surface area contributed by atoms with E-state index in [0.717, 1.165) is 49.0 Å². The minimum atomic E-state index is 0.729. The average molecular weight is 339 g/mol. The van der Waals surface area contributed by atoms with E-state index in [4.69, 9.17) is 11.6 Å². The summed E-state index contributed by atoms with van der Waals surface area (Å²) in [7, 11) is 0. The van der Waals surface area contributed by atoms with Crippen LogP contribution in [0.4, 0.5) is 5.69 Å². The van der Waals surface area contributed by atoms with Crippen LogP contribution in [0.3, 0.4) is 0 Å². The number of halogens is 1. The summed E-state index contributed by atoms with van der Waals surface area (Å²) in [4.78, 5) is 13.8. The highest BCUT2D eigenvalue weighted by Gasteiger charge is 2.19. The second-order valence-corrected chi connectivity index (χ2v) is 6.51. The molecule has 5 heteroatoms. The molecule has 24 heavy (non-hydrogen) atoms. The molecule has 1 aliphatic rings. The van der Waals surface area contributed by atoms with Gasteiger partial charge in [-0.3, -0.25) is 14.9 Å². The zero-order valence-corrected chi connectivity index (χ0v) is 14.2. The largest absolute Gasteiger partial charge is 0.368 e. The van der Waals surface area contributed by atoms with Gasteiger partial charge in [-0.05, 0) is 36.4 Å². The van der Waals surface area contributed by atoms with Gasteiger partial charge in [-0.1, -0.05) is 17.7 Å². The lowest BCUT2D eigenvalue weighted by atomic mass is 10.1. The van der Waals surface area contributed by atoms with Gasteiger partial charge in [-0.15, -0.1) is 0 Å². The molecule has 4 rings (SSSR count). The number of fused-ring (bicyclic) bond motifs is 1. The van der Waals surface area contributed by atoms with E-state index in [2.05, 4.69) is 38.0 Å². The normalized spacial score (nSPS) is 15.8. The van der Waals surface area contributed by atoms with Gasteiger partial charge in [0.2, 0.25) is 0 Å². The minimum Gasteiger partial charge on any atom is -0.368 e. The van der Waals surface area contributed by atoms with Crippen LogP contribution in [0, 0.1) is 0 Å². The molecule has 0 unspecified atom stereocenters. The molecule has 0 atom stereocenters. The molecule has 0 N–H and O–H groups in total. The zero-order valence-electron chi connectivity index (χ0n) is 13.4. The van der Waals surface area contributed by atoms with Gasteiger partial charge in [0.05, 0.1) is 11.2 Å². The van der Waals surface area contributed by atoms with Crippen molar-refractivity contribution in [1.82, 2.24) is 14.9 Å². The fourth-order valence-electron chi connectivity index (χ4n) is 3.25. The molecule has 4 nitrogen and oxygen atoms in total. The van der Waals surface area contributed by atoms with Crippen molar-refractivity contribution in [3.05, 3.63) is 65.6 Å². The molecule has 122 valence electrons. The van der Waals surface area contributed by atoms with Gasteiger partial charge in [-0.25, -0.2) is 0 Å². The molecule has 3 aromatic rings. The van der Waals surface area contributed by atoms with E-state index in [0.29, 0.717) is 0 Å². The lowest BCUT2D eigenvalue weighted by molar-refractivity contribution is 0.247. The maximum absolute atomic E-state index is 6.09. The van der Waals surface area contributed by atoms with Gasteiger partial charge in [0.1, 0.15) is 0 Å². The number of rotatable bonds is 3. The Labute approximate surface area is 146 Å². The summed E-state index contributed by atoms with van der Waals surface area (Å²) < 4.78 is 0. The summed E-state index contributed by atoms with van der Waals surface area (Å²) in [6.45, 7) is 5.01. The molecule has 0 radical (unpaired) electrons. The number of aromatic nitrogens is 2. The first kappa shape index (κ1) is 15.4. The molecule has 0 spiro atoms. The van der Waals surface area contributed by atoms with E-state index in [9.17, 15) is 0 Å². The van der Waals surface area contributed by atoms with E-state index in [-0.39, 0.29) is 0 Å². The Morgan fingerprint density at radius 2 is 1.79 bits per heavy atom. The fourth-order valence-corrected chi connectivity index (χ4v) is 3.42. The van der Waals surface area contributed by atoms with E-state index in [1.165, 1.54) is 11.1 Å². The number of anilines is 1. The maximum Gasteiger partial charge on any atom is 0.0737 e. The predicted molar refractivity (Wildman–Crippen MR) is 98.5 cm³/mol. The molecular weight excluding hydrogens is 320 g/mol. The second kappa shape index (κ2) is 6.75. The molecule has 0 saturated carbocycles. The summed E-state index contributed by atoms with van der Waals surface area (Å²) in [5.74, 6) is 0. The topological polar surface area (TPSA) is 32.3 Å². The number of hydrogen-bond donors (Lipinski definition) is 0. The lowest BCUT2D eigenvalue weighted by Crippen LogP contribution is -2.46. The van der Waals surface area contributed by atoms with E-state index in [1.54, 1.807) is 0 Å². The molecule has 1 saturated heterocycles. The van der Waals surface area contributed by atoms with Crippen LogP contribution in [0.1, 0.15) is 5.69 Å². The molecular formula is C19H19ClN4. The van der Waals surface area contributed by atoms with Crippen molar-refractivity contribution >= 4 is 28.2 Å². The van der Waals surface area contributed by atoms with Crippen LogP contribution in [-0.2, 0) is 6.54 Å². The summed E-state index contributed by atoms with van der Waals surface area (Å²) in [6.07, 6.45) is 3.73. The van der Waals surface area contributed by atoms with Crippen LogP contribution in [0.15, 0.2) is 54.9 Å². The summed E-state index contributed by atoms with van der Waals surface area (Å²) >= 11 is 6.09. The molecule has 3 heterocycles. The third-order valence-electron chi connectivity index (χ3n) is 4.51. The lowest BCUT2D eigenvalue weighted by Gasteiger charge is -2.36. The monoisotopic (exact) mass is 338 g/mol. The fraction of sp³-hybridized carbons (Fsp3) is 0.263. The van der Waals surface area contributed by atoms with Gasteiger partial charge < -0.3 is 4.90 Å². The Morgan fingerprint density at radius 3 is 2.58 bits per heavy atom. The van der Waals surface area contributed by atoms with E-state index in [1.807, 2.05) is 36.7 Å². The molecule has 1 aliphatic heterocycles. The number of nitrogens with zero attached hydrogens (tertiary/aromatic N) is 4. The number of hydrogen-bond acceptors (Lipinski definition) is 4. The van der Waals surface area contributed by atoms with Crippen LogP contribution in [0.5, 0.6) is 0 Å². The SMILES string of the molecule is Clc1ccc2c(N3CCN(Cc4ccccn4)CC3)ccnc2c1. The molecule has 0 aliphatic carbocycles. The van der Waals surface area contributed by atoms with Gasteiger partial charge in [-0.2, -0.15) is 0 Å². The van der Waals surface area contributed by atoms with Gasteiger partial charge in [0.25, 0.3) is 0 Å². The van der Waals surface area contributed by atoms with Crippen LogP contribution < -0.4 is 4.90 Å². The van der Waals surface area contributed by atoms with Crippen molar-refractivity contribution in [3.63, 3.8) is 0 Å². The first-order valence-electron chi connectivity index (χ1n) is 8.21. The highest BCUT2D eigenvalue weighted by Crippen LogP contribution is 2.28. The van der Waals surface area contributed by atoms with Crippen molar-refractivity contribution in [2.24, 2.45) is 0 Å². The second-order valence-electron chi connectivity index (χ2n) is 6.08. The Kier molecular flexibility index (Phi) is 4.32. The molecule has 0 bridgehead atoms. The third-order valence-corrected chi connectivity index (χ3v) is 4.74. The highest BCUT2D eigenvalue weighted by atomic mass is 35.5. The Hall–Kier alpha value is -2.17. The first-order chi connectivity index (χ1) is 11.8. The van der Waals surface area contributed by atoms with E-state index >= 15 is 0 Å². The number of pyridine rings is 2. The Morgan fingerprint density at radius 1 is 0.917 bits per heavy atom. The Bertz CT molecular complexity index is 829. The number of benzene rings is 1. The van der Waals surface area contributed by atoms with Crippen molar-refractivity contribution in [3.8, 4) is 0 Å². The average Bonchev–Trinajstić information content (AvgIpc) is 2.62.